The second-order valence-corrected chi connectivity index (χ2v) is 7.90. The van der Waals surface area contributed by atoms with Gasteiger partial charge >= 0.3 is 0 Å². The van der Waals surface area contributed by atoms with Gasteiger partial charge in [-0.3, -0.25) is 29.8 Å². The Morgan fingerprint density at radius 3 is 1.36 bits per heavy atom. The standard InChI is InChI=1S/C16H12I2N4O6/c1-7(23)19-13-5-11(17)9(3-15(13)21(25)26)10-4-16(22(27)28)14(6-12(10)18)20-8(2)24/h3-6H,1-2H3,(H,19,23)(H,20,24). The average molecular weight is 610 g/mol. The van der Waals surface area contributed by atoms with Crippen molar-refractivity contribution in [3.05, 3.63) is 51.6 Å². The summed E-state index contributed by atoms with van der Waals surface area (Å²) in [6.45, 7) is 2.47. The molecule has 10 nitrogen and oxygen atoms in total. The van der Waals surface area contributed by atoms with Crippen molar-refractivity contribution in [3.8, 4) is 11.1 Å². The number of nitro groups is 2. The van der Waals surface area contributed by atoms with E-state index in [0.29, 0.717) is 18.3 Å². The lowest BCUT2D eigenvalue weighted by molar-refractivity contribution is -0.384. The SMILES string of the molecule is CC(=O)Nc1cc(I)c(-c2cc([N+](=O)[O-])c(NC(C)=O)cc2I)cc1[N+](=O)[O-]. The number of anilines is 2. The van der Waals surface area contributed by atoms with Gasteiger partial charge in [0.25, 0.3) is 11.4 Å². The summed E-state index contributed by atoms with van der Waals surface area (Å²) < 4.78 is 1.10. The lowest BCUT2D eigenvalue weighted by Gasteiger charge is -2.13. The van der Waals surface area contributed by atoms with Gasteiger partial charge < -0.3 is 10.6 Å². The molecule has 0 unspecified atom stereocenters. The third-order valence-electron chi connectivity index (χ3n) is 3.48. The van der Waals surface area contributed by atoms with Gasteiger partial charge in [-0.15, -0.1) is 0 Å². The summed E-state index contributed by atoms with van der Waals surface area (Å²) in [7, 11) is 0. The molecule has 2 amide bonds. The maximum Gasteiger partial charge on any atom is 0.293 e. The molecule has 0 saturated carbocycles. The Kier molecular flexibility index (Phi) is 6.87. The number of benzene rings is 2. The lowest BCUT2D eigenvalue weighted by atomic mass is 10.0. The van der Waals surface area contributed by atoms with Crippen LogP contribution in [0, 0.1) is 27.4 Å². The Morgan fingerprint density at radius 1 is 0.786 bits per heavy atom. The first-order valence-corrected chi connectivity index (χ1v) is 9.68. The third kappa shape index (κ3) is 4.92. The van der Waals surface area contributed by atoms with Gasteiger partial charge in [-0.2, -0.15) is 0 Å². The van der Waals surface area contributed by atoms with Crippen molar-refractivity contribution in [3.63, 3.8) is 0 Å². The van der Waals surface area contributed by atoms with Crippen LogP contribution < -0.4 is 10.6 Å². The van der Waals surface area contributed by atoms with Crippen LogP contribution in [0.5, 0.6) is 0 Å². The molecule has 0 aliphatic carbocycles. The Bertz CT molecular complexity index is 943. The number of nitrogens with zero attached hydrogens (tertiary/aromatic N) is 2. The number of rotatable bonds is 5. The molecule has 0 spiro atoms. The number of hydrogen-bond acceptors (Lipinski definition) is 6. The van der Waals surface area contributed by atoms with Crippen molar-refractivity contribution < 1.29 is 19.4 Å². The second kappa shape index (κ2) is 8.76. The smallest absolute Gasteiger partial charge is 0.293 e. The topological polar surface area (TPSA) is 144 Å². The summed E-state index contributed by atoms with van der Waals surface area (Å²) in [5, 5.41) is 27.7. The molecule has 2 rings (SSSR count). The minimum Gasteiger partial charge on any atom is -0.321 e. The molecule has 2 N–H and O–H groups in total. The van der Waals surface area contributed by atoms with Crippen molar-refractivity contribution in [1.82, 2.24) is 0 Å². The van der Waals surface area contributed by atoms with E-state index in [1.54, 1.807) is 0 Å². The van der Waals surface area contributed by atoms with Crippen LogP contribution in [-0.2, 0) is 9.59 Å². The minimum absolute atomic E-state index is 0.0324. The van der Waals surface area contributed by atoms with Crippen LogP contribution in [0.3, 0.4) is 0 Å². The van der Waals surface area contributed by atoms with E-state index in [0.717, 1.165) is 0 Å². The first-order valence-electron chi connectivity index (χ1n) is 7.52. The van der Waals surface area contributed by atoms with Gasteiger partial charge in [-0.25, -0.2) is 0 Å². The van der Waals surface area contributed by atoms with Gasteiger partial charge in [-0.1, -0.05) is 0 Å². The molecule has 0 bridgehead atoms. The fourth-order valence-electron chi connectivity index (χ4n) is 2.42. The Balaban J connectivity index is 2.73. The van der Waals surface area contributed by atoms with E-state index in [9.17, 15) is 29.8 Å². The van der Waals surface area contributed by atoms with Crippen LogP contribution in [-0.4, -0.2) is 21.7 Å². The quantitative estimate of drug-likeness (QED) is 0.294. The molecule has 0 fully saturated rings. The molecule has 0 saturated heterocycles. The first kappa shape index (κ1) is 21.9. The molecule has 146 valence electrons. The number of halogens is 2. The third-order valence-corrected chi connectivity index (χ3v) is 5.26. The van der Waals surface area contributed by atoms with E-state index in [-0.39, 0.29) is 22.7 Å². The zero-order chi connectivity index (χ0) is 21.2. The van der Waals surface area contributed by atoms with E-state index in [2.05, 4.69) is 10.6 Å². The predicted octanol–water partition coefficient (Wildman–Crippen LogP) is 4.30. The number of carbonyl (C=O) groups is 2. The molecule has 0 aliphatic heterocycles. The first-order chi connectivity index (χ1) is 13.0. The molecule has 2 aromatic carbocycles. The summed E-state index contributed by atoms with van der Waals surface area (Å²) in [4.78, 5) is 44.2. The van der Waals surface area contributed by atoms with Crippen LogP contribution in [0.2, 0.25) is 0 Å². The highest BCUT2D eigenvalue weighted by Gasteiger charge is 2.24. The van der Waals surface area contributed by atoms with Crippen LogP contribution in [0.25, 0.3) is 11.1 Å². The van der Waals surface area contributed by atoms with E-state index in [1.807, 2.05) is 45.2 Å². The Morgan fingerprint density at radius 2 is 1.11 bits per heavy atom. The van der Waals surface area contributed by atoms with Crippen LogP contribution in [0.1, 0.15) is 13.8 Å². The molecule has 0 atom stereocenters. The van der Waals surface area contributed by atoms with Crippen LogP contribution >= 0.6 is 45.2 Å². The number of hydrogen-bond donors (Lipinski definition) is 2. The van der Waals surface area contributed by atoms with Gasteiger partial charge in [0.2, 0.25) is 11.8 Å². The van der Waals surface area contributed by atoms with Crippen molar-refractivity contribution >= 4 is 79.7 Å². The second-order valence-electron chi connectivity index (χ2n) is 5.57. The van der Waals surface area contributed by atoms with Gasteiger partial charge in [-0.05, 0) is 57.3 Å². The summed E-state index contributed by atoms with van der Waals surface area (Å²) in [6, 6.07) is 5.37. The normalized spacial score (nSPS) is 10.3. The number of amides is 2. The lowest BCUT2D eigenvalue weighted by Crippen LogP contribution is -2.09. The zero-order valence-corrected chi connectivity index (χ0v) is 18.7. The maximum absolute atomic E-state index is 11.4. The fourth-order valence-corrected chi connectivity index (χ4v) is 3.93. The zero-order valence-electron chi connectivity index (χ0n) is 14.4. The van der Waals surface area contributed by atoms with Crippen LogP contribution in [0.15, 0.2) is 24.3 Å². The van der Waals surface area contributed by atoms with Crippen molar-refractivity contribution in [1.29, 1.82) is 0 Å². The summed E-state index contributed by atoms with van der Waals surface area (Å²) >= 11 is 3.87. The molecule has 0 aliphatic rings. The molecule has 28 heavy (non-hydrogen) atoms. The van der Waals surface area contributed by atoms with E-state index >= 15 is 0 Å². The Labute approximate surface area is 185 Å². The maximum atomic E-state index is 11.4. The summed E-state index contributed by atoms with van der Waals surface area (Å²) in [5.74, 6) is -0.923. The molecule has 12 heteroatoms. The Hall–Kier alpha value is -2.36. The molecular weight excluding hydrogens is 598 g/mol. The van der Waals surface area contributed by atoms with Crippen LogP contribution in [0.4, 0.5) is 22.7 Å². The van der Waals surface area contributed by atoms with Gasteiger partial charge in [0, 0.05) is 44.2 Å². The highest BCUT2D eigenvalue weighted by atomic mass is 127. The highest BCUT2D eigenvalue weighted by Crippen LogP contribution is 2.40. The number of nitro benzene ring substituents is 2. The monoisotopic (exact) mass is 610 g/mol. The van der Waals surface area contributed by atoms with Crippen molar-refractivity contribution in [2.45, 2.75) is 13.8 Å². The van der Waals surface area contributed by atoms with E-state index in [4.69, 9.17) is 0 Å². The van der Waals surface area contributed by atoms with Crippen molar-refractivity contribution in [2.75, 3.05) is 10.6 Å². The van der Waals surface area contributed by atoms with Gasteiger partial charge in [0.05, 0.1) is 9.85 Å². The fraction of sp³-hybridized carbons (Fsp3) is 0.125. The molecule has 0 aromatic heterocycles. The summed E-state index contributed by atoms with van der Waals surface area (Å²) in [5.41, 5.74) is 0.173. The van der Waals surface area contributed by atoms with Gasteiger partial charge in [0.15, 0.2) is 0 Å². The molecule has 0 radical (unpaired) electrons. The highest BCUT2D eigenvalue weighted by molar-refractivity contribution is 14.1. The largest absolute Gasteiger partial charge is 0.321 e. The number of carbonyl (C=O) groups excluding carboxylic acids is 2. The minimum atomic E-state index is -0.641. The number of nitrogens with one attached hydrogen (secondary N) is 2. The molecule has 0 heterocycles. The van der Waals surface area contributed by atoms with E-state index < -0.39 is 21.7 Å². The average Bonchev–Trinajstić information content (AvgIpc) is 2.54. The molecule has 2 aromatic rings. The van der Waals surface area contributed by atoms with Gasteiger partial charge in [0.1, 0.15) is 11.4 Å². The summed E-state index contributed by atoms with van der Waals surface area (Å²) in [6.07, 6.45) is 0. The predicted molar refractivity (Wildman–Crippen MR) is 119 cm³/mol. The molecular formula is C16H12I2N4O6. The van der Waals surface area contributed by atoms with E-state index in [1.165, 1.54) is 38.1 Å². The van der Waals surface area contributed by atoms with Crippen molar-refractivity contribution in [2.24, 2.45) is 0 Å².